The van der Waals surface area contributed by atoms with Crippen molar-refractivity contribution in [1.29, 1.82) is 0 Å². The predicted molar refractivity (Wildman–Crippen MR) is 98.2 cm³/mol. The first-order valence-corrected chi connectivity index (χ1v) is 10.0. The fraction of sp³-hybridized carbons (Fsp3) is 0.400. The van der Waals surface area contributed by atoms with Gasteiger partial charge in [0.15, 0.2) is 0 Å². The maximum Gasteiger partial charge on any atom is 0.264 e. The summed E-state index contributed by atoms with van der Waals surface area (Å²) in [5.74, 6) is 0. The molecule has 2 heterocycles. The first-order chi connectivity index (χ1) is 11.7. The zero-order valence-electron chi connectivity index (χ0n) is 14.8. The average molecular weight is 357 g/mol. The summed E-state index contributed by atoms with van der Waals surface area (Å²) >= 11 is 0. The lowest BCUT2D eigenvalue weighted by atomic mass is 9.82. The van der Waals surface area contributed by atoms with E-state index in [0.717, 1.165) is 23.2 Å². The van der Waals surface area contributed by atoms with E-state index in [1.165, 1.54) is 4.31 Å². The molecule has 1 fully saturated rings. The molecule has 2 aromatic rings. The van der Waals surface area contributed by atoms with E-state index in [2.05, 4.69) is 13.8 Å². The fourth-order valence-corrected chi connectivity index (χ4v) is 5.54. The molecule has 1 spiro atoms. The van der Waals surface area contributed by atoms with Crippen molar-refractivity contribution in [3.05, 3.63) is 59.7 Å². The van der Waals surface area contributed by atoms with Crippen LogP contribution in [0.2, 0.25) is 0 Å². The second-order valence-corrected chi connectivity index (χ2v) is 9.83. The van der Waals surface area contributed by atoms with Crippen LogP contribution in [0.15, 0.2) is 53.4 Å². The van der Waals surface area contributed by atoms with Crippen LogP contribution in [0.4, 0.5) is 5.69 Å². The van der Waals surface area contributed by atoms with Crippen LogP contribution in [-0.4, -0.2) is 21.6 Å². The number of nitrogens with zero attached hydrogens (tertiary/aromatic N) is 1. The van der Waals surface area contributed by atoms with Gasteiger partial charge in [0.25, 0.3) is 10.0 Å². The number of fused-ring (bicyclic) bond motifs is 2. The summed E-state index contributed by atoms with van der Waals surface area (Å²) in [6.07, 6.45) is 0.816. The summed E-state index contributed by atoms with van der Waals surface area (Å²) in [7, 11) is -3.62. The minimum absolute atomic E-state index is 0.0384. The molecule has 0 unspecified atom stereocenters. The van der Waals surface area contributed by atoms with Gasteiger partial charge in [-0.15, -0.1) is 0 Å². The van der Waals surface area contributed by atoms with Crippen LogP contribution in [0, 0.1) is 12.3 Å². The van der Waals surface area contributed by atoms with Crippen molar-refractivity contribution in [1.82, 2.24) is 0 Å². The van der Waals surface area contributed by atoms with Crippen molar-refractivity contribution in [3.63, 3.8) is 0 Å². The third-order valence-electron chi connectivity index (χ3n) is 5.17. The number of hydrogen-bond acceptors (Lipinski definition) is 3. The van der Waals surface area contributed by atoms with E-state index in [1.54, 1.807) is 12.1 Å². The van der Waals surface area contributed by atoms with Gasteiger partial charge in [0, 0.05) is 5.56 Å². The summed E-state index contributed by atoms with van der Waals surface area (Å²) in [4.78, 5) is 0.321. The molecule has 0 radical (unpaired) electrons. The van der Waals surface area contributed by atoms with Gasteiger partial charge in [0.05, 0.1) is 23.7 Å². The average Bonchev–Trinajstić information content (AvgIpc) is 3.06. The number of benzene rings is 2. The smallest absolute Gasteiger partial charge is 0.264 e. The molecule has 2 aliphatic rings. The van der Waals surface area contributed by atoms with Crippen molar-refractivity contribution < 1.29 is 13.2 Å². The molecule has 0 amide bonds. The van der Waals surface area contributed by atoms with E-state index in [-0.39, 0.29) is 5.41 Å². The molecule has 0 saturated carbocycles. The van der Waals surface area contributed by atoms with Crippen LogP contribution >= 0.6 is 0 Å². The van der Waals surface area contributed by atoms with Gasteiger partial charge in [-0.3, -0.25) is 4.31 Å². The Morgan fingerprint density at radius 1 is 1.04 bits per heavy atom. The number of sulfonamides is 1. The number of rotatable bonds is 2. The largest absolute Gasteiger partial charge is 0.368 e. The Kier molecular flexibility index (Phi) is 3.54. The number of ether oxygens (including phenoxy) is 1. The molecule has 0 aliphatic carbocycles. The molecule has 1 saturated heterocycles. The summed E-state index contributed by atoms with van der Waals surface area (Å²) in [5.41, 5.74) is 2.25. The van der Waals surface area contributed by atoms with E-state index in [0.29, 0.717) is 18.0 Å². The van der Waals surface area contributed by atoms with Crippen LogP contribution in [0.3, 0.4) is 0 Å². The highest BCUT2D eigenvalue weighted by atomic mass is 32.2. The maximum atomic E-state index is 13.3. The Bertz CT molecular complexity index is 918. The molecule has 5 heteroatoms. The lowest BCUT2D eigenvalue weighted by Gasteiger charge is -2.26. The SMILES string of the molecule is Cc1ccc(S(=O)(=O)N2C[C@]3(CC(C)(C)CO3)c3ccccc32)cc1. The summed E-state index contributed by atoms with van der Waals surface area (Å²) < 4.78 is 34.3. The van der Waals surface area contributed by atoms with Crippen molar-refractivity contribution in [2.45, 2.75) is 37.7 Å². The molecule has 2 aromatic carbocycles. The van der Waals surface area contributed by atoms with Gasteiger partial charge in [-0.25, -0.2) is 8.42 Å². The quantitative estimate of drug-likeness (QED) is 0.820. The number of hydrogen-bond donors (Lipinski definition) is 0. The molecule has 2 aliphatic heterocycles. The molecule has 0 aromatic heterocycles. The zero-order chi connectivity index (χ0) is 17.9. The van der Waals surface area contributed by atoms with E-state index >= 15 is 0 Å². The first kappa shape index (κ1) is 16.6. The van der Waals surface area contributed by atoms with Gasteiger partial charge in [0.1, 0.15) is 5.60 Å². The van der Waals surface area contributed by atoms with Crippen LogP contribution in [-0.2, 0) is 20.4 Å². The highest BCUT2D eigenvalue weighted by molar-refractivity contribution is 7.92. The standard InChI is InChI=1S/C20H23NO3S/c1-15-8-10-16(11-9-15)25(22,23)21-13-20(12-19(2,3)14-24-20)17-6-4-5-7-18(17)21/h4-11H,12-14H2,1-3H3/t20-/m1/s1. The van der Waals surface area contributed by atoms with E-state index in [4.69, 9.17) is 4.74 Å². The second-order valence-electron chi connectivity index (χ2n) is 7.97. The summed E-state index contributed by atoms with van der Waals surface area (Å²) in [6.45, 7) is 7.26. The molecule has 0 N–H and O–H groups in total. The van der Waals surface area contributed by atoms with Gasteiger partial charge >= 0.3 is 0 Å². The zero-order valence-corrected chi connectivity index (χ0v) is 15.6. The predicted octanol–water partition coefficient (Wildman–Crippen LogP) is 3.85. The van der Waals surface area contributed by atoms with Gasteiger partial charge in [-0.05, 0) is 37.0 Å². The fourth-order valence-electron chi connectivity index (χ4n) is 4.01. The molecule has 0 bridgehead atoms. The monoisotopic (exact) mass is 357 g/mol. The topological polar surface area (TPSA) is 46.6 Å². The van der Waals surface area contributed by atoms with Crippen molar-refractivity contribution in [3.8, 4) is 0 Å². The van der Waals surface area contributed by atoms with Crippen LogP contribution in [0.1, 0.15) is 31.4 Å². The van der Waals surface area contributed by atoms with Crippen molar-refractivity contribution in [2.24, 2.45) is 5.41 Å². The Morgan fingerprint density at radius 3 is 2.36 bits per heavy atom. The molecule has 4 nitrogen and oxygen atoms in total. The summed E-state index contributed by atoms with van der Waals surface area (Å²) in [6, 6.07) is 14.7. The Hall–Kier alpha value is -1.85. The third kappa shape index (κ3) is 2.57. The molecule has 1 atom stereocenters. The van der Waals surface area contributed by atoms with E-state index < -0.39 is 15.6 Å². The highest BCUT2D eigenvalue weighted by Gasteiger charge is 2.54. The highest BCUT2D eigenvalue weighted by Crippen LogP contribution is 2.53. The minimum Gasteiger partial charge on any atom is -0.368 e. The molecular formula is C20H23NO3S. The number of aryl methyl sites for hydroxylation is 1. The number of para-hydroxylation sites is 1. The van der Waals surface area contributed by atoms with Gasteiger partial charge in [-0.1, -0.05) is 49.7 Å². The Morgan fingerprint density at radius 2 is 1.72 bits per heavy atom. The van der Waals surface area contributed by atoms with Crippen molar-refractivity contribution in [2.75, 3.05) is 17.5 Å². The van der Waals surface area contributed by atoms with Gasteiger partial charge in [0.2, 0.25) is 0 Å². The molecule has 4 rings (SSSR count). The van der Waals surface area contributed by atoms with Crippen LogP contribution in [0.25, 0.3) is 0 Å². The molecule has 25 heavy (non-hydrogen) atoms. The third-order valence-corrected chi connectivity index (χ3v) is 6.95. The number of anilines is 1. The summed E-state index contributed by atoms with van der Waals surface area (Å²) in [5, 5.41) is 0. The lowest BCUT2D eigenvalue weighted by molar-refractivity contribution is 0.0130. The second kappa shape index (κ2) is 5.32. The minimum atomic E-state index is -3.62. The Labute approximate surface area is 149 Å². The van der Waals surface area contributed by atoms with Crippen LogP contribution in [0.5, 0.6) is 0 Å². The van der Waals surface area contributed by atoms with E-state index in [9.17, 15) is 8.42 Å². The van der Waals surface area contributed by atoms with E-state index in [1.807, 2.05) is 43.3 Å². The van der Waals surface area contributed by atoms with Gasteiger partial charge < -0.3 is 4.74 Å². The van der Waals surface area contributed by atoms with Gasteiger partial charge in [-0.2, -0.15) is 0 Å². The Balaban J connectivity index is 1.81. The molecule has 132 valence electrons. The first-order valence-electron chi connectivity index (χ1n) is 8.57. The maximum absolute atomic E-state index is 13.3. The normalized spacial score (nSPS) is 24.7. The molecular weight excluding hydrogens is 334 g/mol. The van der Waals surface area contributed by atoms with Crippen molar-refractivity contribution >= 4 is 15.7 Å². The van der Waals surface area contributed by atoms with Crippen LogP contribution < -0.4 is 4.31 Å². The lowest BCUT2D eigenvalue weighted by Crippen LogP contribution is -2.37.